The second-order valence-corrected chi connectivity index (χ2v) is 7.93. The summed E-state index contributed by atoms with van der Waals surface area (Å²) in [6.07, 6.45) is 2.45. The normalized spacial score (nSPS) is 11.7. The smallest absolute Gasteiger partial charge is 0.329 e. The number of imidazole rings is 1. The summed E-state index contributed by atoms with van der Waals surface area (Å²) >= 11 is 3.43. The summed E-state index contributed by atoms with van der Waals surface area (Å²) < 4.78 is 9.30. The topological polar surface area (TPSA) is 106 Å². The van der Waals surface area contributed by atoms with Gasteiger partial charge in [0, 0.05) is 23.6 Å². The molecule has 0 aliphatic heterocycles. The van der Waals surface area contributed by atoms with Crippen LogP contribution in [0.2, 0.25) is 0 Å². The zero-order valence-electron chi connectivity index (χ0n) is 16.7. The quantitative estimate of drug-likeness (QED) is 0.414. The van der Waals surface area contributed by atoms with Crippen molar-refractivity contribution in [3.05, 3.63) is 49.1 Å². The average molecular weight is 463 g/mol. The summed E-state index contributed by atoms with van der Waals surface area (Å²) in [7, 11) is 3.16. The Labute approximate surface area is 175 Å². The van der Waals surface area contributed by atoms with Gasteiger partial charge in [0.05, 0.1) is 13.3 Å². The van der Waals surface area contributed by atoms with E-state index in [0.29, 0.717) is 35.3 Å². The molecule has 2 heterocycles. The van der Waals surface area contributed by atoms with Gasteiger partial charge in [-0.05, 0) is 30.5 Å². The molecule has 0 spiro atoms. The molecule has 3 aromatic rings. The highest BCUT2D eigenvalue weighted by Crippen LogP contribution is 2.22. The largest absolute Gasteiger partial charge is 0.496 e. The molecule has 10 heteroatoms. The molecule has 0 amide bonds. The van der Waals surface area contributed by atoms with Crippen molar-refractivity contribution in [1.82, 2.24) is 19.1 Å². The lowest BCUT2D eigenvalue weighted by atomic mass is 10.1. The van der Waals surface area contributed by atoms with Crippen LogP contribution in [0.25, 0.3) is 11.2 Å². The van der Waals surface area contributed by atoms with Crippen LogP contribution in [0.3, 0.4) is 0 Å². The fourth-order valence-electron chi connectivity index (χ4n) is 2.89. The highest BCUT2D eigenvalue weighted by Gasteiger charge is 2.17. The van der Waals surface area contributed by atoms with Crippen LogP contribution in [0.15, 0.2) is 37.4 Å². The summed E-state index contributed by atoms with van der Waals surface area (Å²) in [5.41, 5.74) is 3.34. The number of H-pyrrole nitrogens is 1. The van der Waals surface area contributed by atoms with Crippen molar-refractivity contribution in [2.24, 2.45) is 18.1 Å². The number of hydrazone groups is 1. The van der Waals surface area contributed by atoms with Crippen molar-refractivity contribution >= 4 is 39.3 Å². The Kier molecular flexibility index (Phi) is 6.21. The van der Waals surface area contributed by atoms with E-state index in [1.54, 1.807) is 24.9 Å². The molecule has 3 rings (SSSR count). The van der Waals surface area contributed by atoms with Gasteiger partial charge in [-0.2, -0.15) is 10.1 Å². The van der Waals surface area contributed by atoms with E-state index in [0.717, 1.165) is 16.5 Å². The fourth-order valence-corrected chi connectivity index (χ4v) is 3.27. The summed E-state index contributed by atoms with van der Waals surface area (Å²) in [6.45, 7) is 4.77. The molecule has 0 aliphatic rings. The Balaban J connectivity index is 2.02. The monoisotopic (exact) mass is 462 g/mol. The third kappa shape index (κ3) is 4.42. The number of anilines is 1. The Bertz CT molecular complexity index is 1180. The van der Waals surface area contributed by atoms with Gasteiger partial charge >= 0.3 is 5.69 Å². The number of aromatic amines is 1. The first-order valence-corrected chi connectivity index (χ1v) is 9.93. The molecule has 0 aliphatic carbocycles. The molecule has 0 saturated heterocycles. The van der Waals surface area contributed by atoms with Crippen LogP contribution >= 0.6 is 15.9 Å². The van der Waals surface area contributed by atoms with E-state index in [1.807, 2.05) is 18.2 Å². The van der Waals surface area contributed by atoms with E-state index in [-0.39, 0.29) is 0 Å². The van der Waals surface area contributed by atoms with Gasteiger partial charge < -0.3 is 9.30 Å². The molecule has 0 radical (unpaired) electrons. The van der Waals surface area contributed by atoms with Crippen molar-refractivity contribution in [1.29, 1.82) is 0 Å². The number of ether oxygens (including phenoxy) is 1. The van der Waals surface area contributed by atoms with Crippen molar-refractivity contribution in [3.63, 3.8) is 0 Å². The Morgan fingerprint density at radius 3 is 2.83 bits per heavy atom. The van der Waals surface area contributed by atoms with Crippen molar-refractivity contribution < 1.29 is 4.74 Å². The van der Waals surface area contributed by atoms with E-state index in [4.69, 9.17) is 4.74 Å². The predicted octanol–water partition coefficient (Wildman–Crippen LogP) is 2.69. The molecule has 1 aromatic carbocycles. The van der Waals surface area contributed by atoms with Crippen LogP contribution < -0.4 is 21.4 Å². The number of hydrogen-bond acceptors (Lipinski definition) is 6. The summed E-state index contributed by atoms with van der Waals surface area (Å²) in [6, 6.07) is 5.58. The molecule has 2 aromatic heterocycles. The lowest BCUT2D eigenvalue weighted by Crippen LogP contribution is -2.29. The molecule has 0 atom stereocenters. The van der Waals surface area contributed by atoms with Gasteiger partial charge in [-0.25, -0.2) is 10.2 Å². The first kappa shape index (κ1) is 20.8. The first-order chi connectivity index (χ1) is 13.8. The predicted molar refractivity (Wildman–Crippen MR) is 117 cm³/mol. The Morgan fingerprint density at radius 2 is 2.14 bits per heavy atom. The van der Waals surface area contributed by atoms with Crippen LogP contribution in [-0.4, -0.2) is 32.4 Å². The second-order valence-electron chi connectivity index (χ2n) is 7.02. The zero-order chi connectivity index (χ0) is 21.1. The maximum atomic E-state index is 12.4. The first-order valence-electron chi connectivity index (χ1n) is 9.14. The van der Waals surface area contributed by atoms with Crippen molar-refractivity contribution in [3.8, 4) is 5.75 Å². The molecule has 0 fully saturated rings. The highest BCUT2D eigenvalue weighted by atomic mass is 79.9. The second kappa shape index (κ2) is 8.64. The summed E-state index contributed by atoms with van der Waals surface area (Å²) in [5, 5.41) is 4.27. The van der Waals surface area contributed by atoms with Crippen LogP contribution in [-0.2, 0) is 13.6 Å². The number of benzene rings is 1. The average Bonchev–Trinajstić information content (AvgIpc) is 3.04. The van der Waals surface area contributed by atoms with Crippen LogP contribution in [0.1, 0.15) is 25.8 Å². The molecule has 0 saturated carbocycles. The Morgan fingerprint density at radius 1 is 1.38 bits per heavy atom. The van der Waals surface area contributed by atoms with Crippen LogP contribution in [0, 0.1) is 5.92 Å². The molecule has 154 valence electrons. The maximum Gasteiger partial charge on any atom is 0.329 e. The van der Waals surface area contributed by atoms with Crippen LogP contribution in [0.5, 0.6) is 5.75 Å². The lowest BCUT2D eigenvalue weighted by Gasteiger charge is -2.10. The molecule has 9 nitrogen and oxygen atoms in total. The minimum absolute atomic E-state index is 0.306. The minimum atomic E-state index is -0.509. The highest BCUT2D eigenvalue weighted by molar-refractivity contribution is 9.10. The lowest BCUT2D eigenvalue weighted by molar-refractivity contribution is 0.414. The molecular formula is C19H23BrN6O3. The number of aromatic nitrogens is 4. The van der Waals surface area contributed by atoms with E-state index in [2.05, 4.69) is 50.3 Å². The van der Waals surface area contributed by atoms with Gasteiger partial charge in [0.1, 0.15) is 5.75 Å². The van der Waals surface area contributed by atoms with Gasteiger partial charge in [-0.1, -0.05) is 29.8 Å². The van der Waals surface area contributed by atoms with Crippen molar-refractivity contribution in [2.45, 2.75) is 26.8 Å². The third-order valence-electron chi connectivity index (χ3n) is 4.50. The molecule has 2 N–H and O–H groups in total. The van der Waals surface area contributed by atoms with Gasteiger partial charge in [0.2, 0.25) is 5.95 Å². The maximum absolute atomic E-state index is 12.4. The number of fused-ring (bicyclic) bond motifs is 1. The van der Waals surface area contributed by atoms with Crippen molar-refractivity contribution in [2.75, 3.05) is 12.5 Å². The van der Waals surface area contributed by atoms with E-state index in [1.165, 1.54) is 4.57 Å². The number of nitrogens with one attached hydrogen (secondary N) is 2. The standard InChI is InChI=1S/C19H23BrN6O3/c1-11(2)7-8-26-15-16(25(3)19(28)23-17(15)27)22-18(26)24-21-10-12-9-13(20)5-6-14(12)29-4/h5-6,9-11H,7-8H2,1-4H3,(H,22,24)(H,23,27,28)/b21-10-. The number of hydrogen-bond donors (Lipinski definition) is 2. The molecular weight excluding hydrogens is 440 g/mol. The van der Waals surface area contributed by atoms with E-state index < -0.39 is 11.2 Å². The summed E-state index contributed by atoms with van der Waals surface area (Å²) in [5.74, 6) is 1.49. The fraction of sp³-hybridized carbons (Fsp3) is 0.368. The molecule has 29 heavy (non-hydrogen) atoms. The summed E-state index contributed by atoms with van der Waals surface area (Å²) in [4.78, 5) is 31.1. The van der Waals surface area contributed by atoms with Crippen LogP contribution in [0.4, 0.5) is 5.95 Å². The van der Waals surface area contributed by atoms with Gasteiger partial charge in [-0.3, -0.25) is 14.3 Å². The number of aryl methyl sites for hydroxylation is 2. The minimum Gasteiger partial charge on any atom is -0.496 e. The Hall–Kier alpha value is -2.88. The van der Waals surface area contributed by atoms with E-state index >= 15 is 0 Å². The molecule has 0 bridgehead atoms. The van der Waals surface area contributed by atoms with Gasteiger partial charge in [0.15, 0.2) is 11.2 Å². The molecule has 0 unspecified atom stereocenters. The van der Waals surface area contributed by atoms with E-state index in [9.17, 15) is 9.59 Å². The zero-order valence-corrected chi connectivity index (χ0v) is 18.3. The SMILES string of the molecule is COc1ccc(Br)cc1/C=N\Nc1nc2c(c(=O)[nH]c(=O)n2C)n1CCC(C)C. The number of methoxy groups -OCH3 is 1. The van der Waals surface area contributed by atoms with Gasteiger partial charge in [-0.15, -0.1) is 0 Å². The number of nitrogens with zero attached hydrogens (tertiary/aromatic N) is 4. The number of halogens is 1. The third-order valence-corrected chi connectivity index (χ3v) is 4.99. The van der Waals surface area contributed by atoms with Gasteiger partial charge in [0.25, 0.3) is 5.56 Å². The number of rotatable bonds is 7.